The summed E-state index contributed by atoms with van der Waals surface area (Å²) in [5.74, 6) is 0.964. The number of hydrogen-bond acceptors (Lipinski definition) is 3. The van der Waals surface area contributed by atoms with E-state index in [4.69, 9.17) is 9.47 Å². The molecule has 0 unspecified atom stereocenters. The quantitative estimate of drug-likeness (QED) is 0.500. The molecule has 2 aromatic rings. The van der Waals surface area contributed by atoms with Crippen molar-refractivity contribution < 1.29 is 9.47 Å². The van der Waals surface area contributed by atoms with Gasteiger partial charge in [-0.15, -0.1) is 0 Å². The molecule has 0 fully saturated rings. The Morgan fingerprint density at radius 1 is 0.880 bits per heavy atom. The fourth-order valence-electron chi connectivity index (χ4n) is 3.11. The number of benzene rings is 2. The van der Waals surface area contributed by atoms with Gasteiger partial charge in [0.25, 0.3) is 0 Å². The molecule has 0 saturated heterocycles. The van der Waals surface area contributed by atoms with Crippen molar-refractivity contribution in [3.05, 3.63) is 42.0 Å². The monoisotopic (exact) mass is 343 g/mol. The Labute approximate surface area is 152 Å². The van der Waals surface area contributed by atoms with Crippen LogP contribution in [0.4, 0.5) is 0 Å². The van der Waals surface area contributed by atoms with E-state index in [1.807, 2.05) is 0 Å². The first kappa shape index (κ1) is 19.7. The van der Waals surface area contributed by atoms with Crippen molar-refractivity contribution in [1.29, 1.82) is 0 Å². The van der Waals surface area contributed by atoms with Gasteiger partial charge in [0, 0.05) is 19.2 Å². The van der Waals surface area contributed by atoms with E-state index in [2.05, 4.69) is 48.6 Å². The third-order valence-electron chi connectivity index (χ3n) is 4.55. The molecule has 0 atom stereocenters. The average Bonchev–Trinajstić information content (AvgIpc) is 2.65. The molecule has 0 aromatic heterocycles. The molecule has 0 spiro atoms. The van der Waals surface area contributed by atoms with Crippen LogP contribution in [0.25, 0.3) is 10.8 Å². The zero-order valence-corrected chi connectivity index (χ0v) is 15.9. The molecular weight excluding hydrogens is 310 g/mol. The lowest BCUT2D eigenvalue weighted by Gasteiger charge is -2.15. The predicted molar refractivity (Wildman–Crippen MR) is 106 cm³/mol. The van der Waals surface area contributed by atoms with E-state index in [9.17, 15) is 0 Å². The van der Waals surface area contributed by atoms with Gasteiger partial charge in [-0.3, -0.25) is 0 Å². The van der Waals surface area contributed by atoms with Crippen molar-refractivity contribution in [1.82, 2.24) is 5.32 Å². The zero-order valence-electron chi connectivity index (χ0n) is 15.9. The van der Waals surface area contributed by atoms with Crippen LogP contribution < -0.4 is 10.1 Å². The highest BCUT2D eigenvalue weighted by molar-refractivity contribution is 5.87. The topological polar surface area (TPSA) is 30.5 Å². The zero-order chi connectivity index (χ0) is 17.7. The third kappa shape index (κ3) is 6.68. The Morgan fingerprint density at radius 3 is 2.52 bits per heavy atom. The van der Waals surface area contributed by atoms with E-state index in [0.29, 0.717) is 13.2 Å². The molecule has 2 rings (SSSR count). The number of methoxy groups -OCH3 is 1. The van der Waals surface area contributed by atoms with Gasteiger partial charge >= 0.3 is 0 Å². The van der Waals surface area contributed by atoms with Crippen LogP contribution in [-0.2, 0) is 11.3 Å². The number of unbranched alkanes of at least 4 members (excludes halogenated alkanes) is 5. The van der Waals surface area contributed by atoms with Gasteiger partial charge in [-0.2, -0.15) is 0 Å². The van der Waals surface area contributed by atoms with Crippen molar-refractivity contribution in [3.8, 4) is 5.75 Å². The van der Waals surface area contributed by atoms with Gasteiger partial charge < -0.3 is 14.8 Å². The number of ether oxygens (including phenoxy) is 2. The van der Waals surface area contributed by atoms with Crippen molar-refractivity contribution in [2.75, 3.05) is 26.9 Å². The van der Waals surface area contributed by atoms with Gasteiger partial charge in [0.15, 0.2) is 0 Å². The normalized spacial score (nSPS) is 11.1. The van der Waals surface area contributed by atoms with Gasteiger partial charge in [-0.05, 0) is 29.8 Å². The van der Waals surface area contributed by atoms with E-state index >= 15 is 0 Å². The molecule has 0 radical (unpaired) electrons. The second-order valence-electron chi connectivity index (χ2n) is 6.55. The van der Waals surface area contributed by atoms with E-state index in [1.54, 1.807) is 7.11 Å². The fourth-order valence-corrected chi connectivity index (χ4v) is 3.11. The largest absolute Gasteiger partial charge is 0.491 e. The van der Waals surface area contributed by atoms with Crippen LogP contribution in [-0.4, -0.2) is 26.9 Å². The summed E-state index contributed by atoms with van der Waals surface area (Å²) in [5, 5.41) is 6.14. The van der Waals surface area contributed by atoms with Gasteiger partial charge in [-0.25, -0.2) is 0 Å². The first-order chi connectivity index (χ1) is 12.4. The maximum atomic E-state index is 5.94. The molecule has 3 nitrogen and oxygen atoms in total. The minimum Gasteiger partial charge on any atom is -0.491 e. The Hall–Kier alpha value is -1.58. The van der Waals surface area contributed by atoms with Crippen molar-refractivity contribution in [3.63, 3.8) is 0 Å². The lowest BCUT2D eigenvalue weighted by atomic mass is 10.0. The summed E-state index contributed by atoms with van der Waals surface area (Å²) in [6.07, 6.45) is 7.97. The summed E-state index contributed by atoms with van der Waals surface area (Å²) in [6, 6.07) is 12.7. The van der Waals surface area contributed by atoms with Crippen LogP contribution in [0.15, 0.2) is 36.4 Å². The maximum absolute atomic E-state index is 5.94. The summed E-state index contributed by atoms with van der Waals surface area (Å²) in [6.45, 7) is 5.36. The van der Waals surface area contributed by atoms with E-state index in [0.717, 1.165) is 18.8 Å². The number of rotatable bonds is 13. The highest BCUT2D eigenvalue weighted by Crippen LogP contribution is 2.28. The minimum atomic E-state index is 0.583. The lowest BCUT2D eigenvalue weighted by Crippen LogP contribution is -2.16. The molecule has 1 N–H and O–H groups in total. The fraction of sp³-hybridized carbons (Fsp3) is 0.545. The van der Waals surface area contributed by atoms with Crippen molar-refractivity contribution >= 4 is 10.8 Å². The van der Waals surface area contributed by atoms with Gasteiger partial charge in [-0.1, -0.05) is 69.4 Å². The van der Waals surface area contributed by atoms with E-state index in [-0.39, 0.29) is 0 Å². The van der Waals surface area contributed by atoms with Crippen molar-refractivity contribution in [2.24, 2.45) is 0 Å². The van der Waals surface area contributed by atoms with E-state index < -0.39 is 0 Å². The van der Waals surface area contributed by atoms with Crippen LogP contribution in [0.5, 0.6) is 5.75 Å². The maximum Gasteiger partial charge on any atom is 0.124 e. The molecule has 0 heterocycles. The summed E-state index contributed by atoms with van der Waals surface area (Å²) >= 11 is 0. The van der Waals surface area contributed by atoms with Gasteiger partial charge in [0.2, 0.25) is 0 Å². The summed E-state index contributed by atoms with van der Waals surface area (Å²) in [4.78, 5) is 0. The lowest BCUT2D eigenvalue weighted by molar-refractivity contribution is 0.146. The van der Waals surface area contributed by atoms with Crippen LogP contribution in [0.1, 0.15) is 51.0 Å². The molecule has 3 heteroatoms. The number of nitrogens with one attached hydrogen (secondary N) is 1. The molecule has 2 aromatic carbocycles. The minimum absolute atomic E-state index is 0.583. The summed E-state index contributed by atoms with van der Waals surface area (Å²) in [5.41, 5.74) is 1.25. The predicted octanol–water partition coefficient (Wildman–Crippen LogP) is 5.32. The molecule has 0 aliphatic carbocycles. The standard InChI is InChI=1S/C22H33NO2/c1-3-4-5-6-7-10-15-23-18-21-20-12-9-8-11-19(20)13-14-22(21)25-17-16-24-2/h8-9,11-14,23H,3-7,10,15-18H2,1-2H3. The van der Waals surface area contributed by atoms with Crippen LogP contribution in [0.3, 0.4) is 0 Å². The molecular formula is C22H33NO2. The first-order valence-electron chi connectivity index (χ1n) is 9.70. The highest BCUT2D eigenvalue weighted by atomic mass is 16.5. The molecule has 0 aliphatic heterocycles. The van der Waals surface area contributed by atoms with Gasteiger partial charge in [0.05, 0.1) is 6.61 Å². The molecule has 0 aliphatic rings. The SMILES string of the molecule is CCCCCCCCNCc1c(OCCOC)ccc2ccccc12. The van der Waals surface area contributed by atoms with Crippen LogP contribution in [0.2, 0.25) is 0 Å². The number of fused-ring (bicyclic) bond motifs is 1. The van der Waals surface area contributed by atoms with Crippen LogP contribution in [0, 0.1) is 0 Å². The molecule has 138 valence electrons. The molecule has 25 heavy (non-hydrogen) atoms. The van der Waals surface area contributed by atoms with Crippen molar-refractivity contribution in [2.45, 2.75) is 52.0 Å². The third-order valence-corrected chi connectivity index (χ3v) is 4.55. The smallest absolute Gasteiger partial charge is 0.124 e. The molecule has 0 bridgehead atoms. The average molecular weight is 344 g/mol. The van der Waals surface area contributed by atoms with E-state index in [1.165, 1.54) is 54.9 Å². The highest BCUT2D eigenvalue weighted by Gasteiger charge is 2.08. The second-order valence-corrected chi connectivity index (χ2v) is 6.55. The molecule has 0 amide bonds. The Bertz CT molecular complexity index is 612. The first-order valence-corrected chi connectivity index (χ1v) is 9.70. The summed E-state index contributed by atoms with van der Waals surface area (Å²) < 4.78 is 11.0. The van der Waals surface area contributed by atoms with Gasteiger partial charge in [0.1, 0.15) is 12.4 Å². The summed E-state index contributed by atoms with van der Waals surface area (Å²) in [7, 11) is 1.70. The number of hydrogen-bond donors (Lipinski definition) is 1. The Morgan fingerprint density at radius 2 is 1.68 bits per heavy atom. The molecule has 0 saturated carbocycles. The Kier molecular flexibility index (Phi) is 9.38. The Balaban J connectivity index is 1.91. The van der Waals surface area contributed by atoms with Crippen LogP contribution >= 0.6 is 0 Å². The second kappa shape index (κ2) is 11.9.